The number of nitrogens with one attached hydrogen (secondary N) is 2. The summed E-state index contributed by atoms with van der Waals surface area (Å²) >= 11 is 6.27. The molecule has 6 aromatic rings. The van der Waals surface area contributed by atoms with Gasteiger partial charge in [-0.15, -0.1) is 0 Å². The van der Waals surface area contributed by atoms with E-state index in [0.717, 1.165) is 16.7 Å². The number of ether oxygens (including phenoxy) is 5. The minimum absolute atomic E-state index is 0.0247. The minimum Gasteiger partial charge on any atom is -0.497 e. The van der Waals surface area contributed by atoms with E-state index in [1.54, 1.807) is 51.5 Å². The number of carbonyl (C=O) groups excluding carboxylic acids is 1. The third kappa shape index (κ3) is 15.4. The molecule has 2 aliphatic rings. The van der Waals surface area contributed by atoms with Gasteiger partial charge >= 0.3 is 18.1 Å². The first-order chi connectivity index (χ1) is 40.5. The summed E-state index contributed by atoms with van der Waals surface area (Å²) in [5, 5.41) is 21.9. The topological polar surface area (TPSA) is 262 Å². The van der Waals surface area contributed by atoms with Gasteiger partial charge in [0.1, 0.15) is 47.6 Å². The number of nitriles is 2. The van der Waals surface area contributed by atoms with Crippen molar-refractivity contribution in [1.29, 1.82) is 10.5 Å². The molecular formula is C59H68N8O14P2S. The number of methoxy groups -OCH3 is 2. The van der Waals surface area contributed by atoms with Crippen LogP contribution in [0.25, 0.3) is 0 Å². The largest absolute Gasteiger partial charge is 0.497 e. The standard InChI is InChI=1S/C59H68N8O14P2S/c1-39(2)67(40(3)4)82(75-32-14-29-60)80-48-34-53(65-31-28-52(63-57(65)70)62-56(69)42-16-10-8-11-17-42)79-51(48)38-77-83(84,76-33-15-30-61)81-49-35-54(66-36-41(5)55(68)64-58(66)71)78-50(49)37-74-59(43-18-12-9-13-19-43,44-20-24-46(72-6)25-21-44)45-22-26-47(73-7)27-23-45/h8-13,16-28,31,36,39-40,48-51,53-54H,14-15,32-35,37-38H2,1-7H3,(H,64,68,71)(H,62,63,69,70)/t48-,49-,50+,51+,53+,54+,82?,83?/m0/s1. The fourth-order valence-electron chi connectivity index (χ4n) is 9.87. The zero-order chi connectivity index (χ0) is 60.0. The molecule has 0 bridgehead atoms. The van der Waals surface area contributed by atoms with Gasteiger partial charge in [-0.25, -0.2) is 14.3 Å². The third-order valence-corrected chi connectivity index (χ3v) is 18.4. The number of aryl methyl sites for hydroxylation is 1. The highest BCUT2D eigenvalue weighted by atomic mass is 32.5. The molecule has 84 heavy (non-hydrogen) atoms. The molecule has 2 fully saturated rings. The van der Waals surface area contributed by atoms with Crippen LogP contribution in [0.5, 0.6) is 11.5 Å². The first kappa shape index (κ1) is 63.2. The van der Waals surface area contributed by atoms with Crippen molar-refractivity contribution in [2.45, 2.75) is 115 Å². The Morgan fingerprint density at radius 2 is 1.35 bits per heavy atom. The zero-order valence-corrected chi connectivity index (χ0v) is 50.2. The van der Waals surface area contributed by atoms with Crippen molar-refractivity contribution in [2.75, 3.05) is 46.0 Å². The van der Waals surface area contributed by atoms with Crippen LogP contribution in [0.2, 0.25) is 0 Å². The maximum atomic E-state index is 13.9. The van der Waals surface area contributed by atoms with Crippen LogP contribution in [0, 0.1) is 29.6 Å². The monoisotopic (exact) mass is 1210 g/mol. The van der Waals surface area contributed by atoms with Gasteiger partial charge in [0, 0.05) is 48.4 Å². The number of hydrogen-bond acceptors (Lipinski definition) is 19. The second-order valence-corrected chi connectivity index (χ2v) is 24.5. The molecule has 25 heteroatoms. The number of anilines is 1. The number of carbonyl (C=O) groups is 1. The predicted molar refractivity (Wildman–Crippen MR) is 316 cm³/mol. The Bertz CT molecular complexity index is 3420. The van der Waals surface area contributed by atoms with Crippen LogP contribution in [0.4, 0.5) is 5.82 Å². The average molecular weight is 1210 g/mol. The fourth-order valence-corrected chi connectivity index (χ4v) is 13.8. The molecular weight excluding hydrogens is 1140 g/mol. The maximum absolute atomic E-state index is 13.9. The molecule has 2 aromatic heterocycles. The van der Waals surface area contributed by atoms with E-state index >= 15 is 0 Å². The van der Waals surface area contributed by atoms with Crippen LogP contribution in [0.1, 0.15) is 98.4 Å². The second kappa shape index (κ2) is 29.3. The van der Waals surface area contributed by atoms with Crippen molar-refractivity contribution >= 4 is 38.8 Å². The summed E-state index contributed by atoms with van der Waals surface area (Å²) in [6.45, 7) is 4.88. The van der Waals surface area contributed by atoms with Gasteiger partial charge in [0.15, 0.2) is 0 Å². The molecule has 8 rings (SSSR count). The van der Waals surface area contributed by atoms with Gasteiger partial charge in [-0.05, 0) is 106 Å². The Hall–Kier alpha value is -6.79. The van der Waals surface area contributed by atoms with Crippen molar-refractivity contribution in [3.63, 3.8) is 0 Å². The molecule has 4 aromatic carbocycles. The molecule has 2 aliphatic heterocycles. The third-order valence-electron chi connectivity index (χ3n) is 13.9. The quantitative estimate of drug-likeness (QED) is 0.0263. The van der Waals surface area contributed by atoms with Crippen LogP contribution < -0.4 is 31.7 Å². The summed E-state index contributed by atoms with van der Waals surface area (Å²) in [6, 6.07) is 38.7. The van der Waals surface area contributed by atoms with Crippen LogP contribution >= 0.6 is 15.2 Å². The number of aromatic nitrogens is 4. The summed E-state index contributed by atoms with van der Waals surface area (Å²) in [5.41, 5.74) is -0.493. The lowest BCUT2D eigenvalue weighted by atomic mass is 9.80. The molecule has 2 saturated heterocycles. The normalized spacial score (nSPS) is 19.9. The highest BCUT2D eigenvalue weighted by molar-refractivity contribution is 8.07. The van der Waals surface area contributed by atoms with Crippen LogP contribution in [-0.4, -0.2) is 107 Å². The van der Waals surface area contributed by atoms with Crippen molar-refractivity contribution in [2.24, 2.45) is 0 Å². The van der Waals surface area contributed by atoms with E-state index in [-0.39, 0.29) is 75.6 Å². The van der Waals surface area contributed by atoms with E-state index in [1.165, 1.54) is 27.6 Å². The Morgan fingerprint density at radius 3 is 1.93 bits per heavy atom. The number of H-pyrrole nitrogens is 1. The van der Waals surface area contributed by atoms with Crippen molar-refractivity contribution < 1.29 is 51.1 Å². The molecule has 0 radical (unpaired) electrons. The van der Waals surface area contributed by atoms with Gasteiger partial charge in [-0.1, -0.05) is 72.8 Å². The second-order valence-electron chi connectivity index (χ2n) is 20.2. The Kier molecular flexibility index (Phi) is 22.1. The molecule has 444 valence electrons. The van der Waals surface area contributed by atoms with Crippen molar-refractivity contribution in [3.8, 4) is 23.6 Å². The summed E-state index contributed by atoms with van der Waals surface area (Å²) in [6.07, 6.45) is -3.00. The van der Waals surface area contributed by atoms with Crippen LogP contribution in [0.15, 0.2) is 142 Å². The van der Waals surface area contributed by atoms with Gasteiger partial charge in [-0.3, -0.25) is 23.7 Å². The summed E-state index contributed by atoms with van der Waals surface area (Å²) in [7, 11) is 1.30. The SMILES string of the molecule is COc1ccc(C(OC[C@H]2O[C@@H](n3cc(C)c(=O)[nH]c3=O)C[C@@H]2OP(=S)(OCCC#N)OC[C@H]2O[C@@H](n3ccc(NC(=O)c4ccccc4)nc3=O)C[C@@H]2OP(OCCC#N)N(C(C)C)C(C)C)(c2ccccc2)c2ccc(OC)cc2)cc1. The number of benzene rings is 4. The predicted octanol–water partition coefficient (Wildman–Crippen LogP) is 9.17. The van der Waals surface area contributed by atoms with Gasteiger partial charge in [0.2, 0.25) is 0 Å². The number of hydrogen-bond donors (Lipinski definition) is 2. The molecule has 2 N–H and O–H groups in total. The average Bonchev–Trinajstić information content (AvgIpc) is 2.19. The fraction of sp³-hybridized carbons (Fsp3) is 0.407. The van der Waals surface area contributed by atoms with Crippen molar-refractivity contribution in [3.05, 3.63) is 187 Å². The van der Waals surface area contributed by atoms with Crippen LogP contribution in [0.3, 0.4) is 0 Å². The Balaban J connectivity index is 1.14. The van der Waals surface area contributed by atoms with E-state index in [4.69, 9.17) is 58.1 Å². The molecule has 8 atom stereocenters. The summed E-state index contributed by atoms with van der Waals surface area (Å²) in [4.78, 5) is 59.7. The van der Waals surface area contributed by atoms with Gasteiger partial charge in [0.05, 0.1) is 77.8 Å². The van der Waals surface area contributed by atoms with E-state index in [9.17, 15) is 29.7 Å². The molecule has 0 aliphatic carbocycles. The summed E-state index contributed by atoms with van der Waals surface area (Å²) < 4.78 is 69.5. The highest BCUT2D eigenvalue weighted by Gasteiger charge is 2.47. The lowest BCUT2D eigenvalue weighted by Crippen LogP contribution is -2.38. The van der Waals surface area contributed by atoms with E-state index < -0.39 is 80.6 Å². The van der Waals surface area contributed by atoms with E-state index in [0.29, 0.717) is 17.1 Å². The number of amides is 1. The number of rotatable bonds is 28. The number of aromatic amines is 1. The van der Waals surface area contributed by atoms with Gasteiger partial charge in [-0.2, -0.15) is 15.5 Å². The molecule has 22 nitrogen and oxygen atoms in total. The molecule has 2 unspecified atom stereocenters. The molecule has 0 saturated carbocycles. The van der Waals surface area contributed by atoms with Crippen molar-refractivity contribution in [1.82, 2.24) is 23.8 Å². The molecule has 1 amide bonds. The van der Waals surface area contributed by atoms with E-state index in [2.05, 4.69) is 32.1 Å². The zero-order valence-electron chi connectivity index (χ0n) is 47.6. The maximum Gasteiger partial charge on any atom is 0.351 e. The molecule has 0 spiro atoms. The highest BCUT2D eigenvalue weighted by Crippen LogP contribution is 2.56. The lowest BCUT2D eigenvalue weighted by Gasteiger charge is -2.38. The van der Waals surface area contributed by atoms with Crippen LogP contribution in [-0.2, 0) is 54.2 Å². The first-order valence-electron chi connectivity index (χ1n) is 27.3. The lowest BCUT2D eigenvalue weighted by molar-refractivity contribution is -0.0941. The minimum atomic E-state index is -4.03. The van der Waals surface area contributed by atoms with Gasteiger partial charge in [0.25, 0.3) is 20.0 Å². The number of nitrogens with zero attached hydrogens (tertiary/aromatic N) is 6. The Morgan fingerprint density at radius 1 is 0.786 bits per heavy atom. The smallest absolute Gasteiger partial charge is 0.351 e. The van der Waals surface area contributed by atoms with Gasteiger partial charge < -0.3 is 51.6 Å². The summed E-state index contributed by atoms with van der Waals surface area (Å²) in [5.74, 6) is 0.811. The Labute approximate surface area is 493 Å². The van der Waals surface area contributed by atoms with E-state index in [1.807, 2.05) is 107 Å². The first-order valence-corrected chi connectivity index (χ1v) is 30.9. The molecule has 4 heterocycles.